The first-order valence-electron chi connectivity index (χ1n) is 19.6. The number of pyridine rings is 1. The summed E-state index contributed by atoms with van der Waals surface area (Å²) in [6, 6.07) is 11.5. The van der Waals surface area contributed by atoms with Crippen molar-refractivity contribution in [3.63, 3.8) is 0 Å². The maximum absolute atomic E-state index is 14.4. The number of likely N-dealkylation sites (tertiary alicyclic amines) is 1. The molecule has 2 aromatic carbocycles. The molecule has 2 aliphatic heterocycles. The van der Waals surface area contributed by atoms with Gasteiger partial charge in [-0.3, -0.25) is 4.79 Å². The zero-order valence-electron chi connectivity index (χ0n) is 34.7. The van der Waals surface area contributed by atoms with Gasteiger partial charge in [0.1, 0.15) is 35.6 Å². The lowest BCUT2D eigenvalue weighted by Gasteiger charge is -2.38. The number of carbonyl (C=O) groups excluding carboxylic acids is 3. The van der Waals surface area contributed by atoms with E-state index in [1.54, 1.807) is 19.2 Å². The predicted octanol–water partition coefficient (Wildman–Crippen LogP) is 6.11. The molecular formula is C42H55N7O7S2. The molecule has 3 amide bonds. The van der Waals surface area contributed by atoms with Crippen molar-refractivity contribution in [2.24, 2.45) is 10.8 Å². The Labute approximate surface area is 345 Å². The summed E-state index contributed by atoms with van der Waals surface area (Å²) in [6.45, 7) is 15.8. The molecule has 0 spiro atoms. The summed E-state index contributed by atoms with van der Waals surface area (Å²) in [4.78, 5) is 52.2. The van der Waals surface area contributed by atoms with E-state index in [9.17, 15) is 22.8 Å². The molecule has 4 aromatic rings. The fourth-order valence-corrected chi connectivity index (χ4v) is 9.81. The standard InChI is InChI=1S/C42H55N7O7S2/c1-25(2)43-40-45-33(24-57-40)32-20-34(30-15-14-28(55-9)19-31(30)44-32)56-29-18-27(23-50)49(21-29)38(51)37(42(6,7)8)47-39(52)46-36(41(3,4)5)22-48-17-16-26-12-10-11-13-35(26)58(48,53)54/h10-15,19-20,23-25,27,29,36-37H,16-18,21-22H2,1-9H3,(H,43,45)(H2,46,47,52)/t27-,29+,36+,37+/m0/s1. The van der Waals surface area contributed by atoms with Gasteiger partial charge in [0.25, 0.3) is 0 Å². The number of methoxy groups -OCH3 is 1. The second-order valence-electron chi connectivity index (χ2n) is 17.5. The minimum atomic E-state index is -3.78. The highest BCUT2D eigenvalue weighted by Crippen LogP contribution is 2.36. The van der Waals surface area contributed by atoms with Crippen LogP contribution < -0.4 is 25.4 Å². The molecule has 14 nitrogen and oxygen atoms in total. The number of amides is 3. The van der Waals surface area contributed by atoms with Gasteiger partial charge in [-0.2, -0.15) is 4.31 Å². The van der Waals surface area contributed by atoms with E-state index in [1.165, 1.54) is 20.5 Å². The number of ether oxygens (including phenoxy) is 2. The highest BCUT2D eigenvalue weighted by Gasteiger charge is 2.44. The van der Waals surface area contributed by atoms with Gasteiger partial charge < -0.3 is 35.1 Å². The molecule has 4 heterocycles. The number of fused-ring (bicyclic) bond motifs is 2. The number of sulfonamides is 1. The Balaban J connectivity index is 1.20. The minimum absolute atomic E-state index is 0.0523. The predicted molar refractivity (Wildman–Crippen MR) is 226 cm³/mol. The molecule has 2 aromatic heterocycles. The fourth-order valence-electron chi connectivity index (χ4n) is 7.25. The maximum atomic E-state index is 14.4. The summed E-state index contributed by atoms with van der Waals surface area (Å²) in [6.07, 6.45) is 0.998. The van der Waals surface area contributed by atoms with Crippen LogP contribution in [0.25, 0.3) is 22.3 Å². The summed E-state index contributed by atoms with van der Waals surface area (Å²) in [5, 5.41) is 12.6. The van der Waals surface area contributed by atoms with Crippen molar-refractivity contribution in [1.82, 2.24) is 29.8 Å². The molecule has 2 aliphatic rings. The van der Waals surface area contributed by atoms with E-state index in [-0.39, 0.29) is 37.0 Å². The number of aldehydes is 1. The lowest BCUT2D eigenvalue weighted by atomic mass is 9.85. The van der Waals surface area contributed by atoms with Crippen LogP contribution in [0.15, 0.2) is 58.8 Å². The molecule has 312 valence electrons. The van der Waals surface area contributed by atoms with Crippen LogP contribution in [0.2, 0.25) is 0 Å². The molecule has 1 fully saturated rings. The first kappa shape index (κ1) is 42.8. The van der Waals surface area contributed by atoms with Gasteiger partial charge in [-0.05, 0) is 54.9 Å². The van der Waals surface area contributed by atoms with E-state index in [1.807, 2.05) is 97.2 Å². The summed E-state index contributed by atoms with van der Waals surface area (Å²) < 4.78 is 40.7. The van der Waals surface area contributed by atoms with Gasteiger partial charge in [0.2, 0.25) is 15.9 Å². The van der Waals surface area contributed by atoms with Crippen LogP contribution in [0.4, 0.5) is 9.93 Å². The van der Waals surface area contributed by atoms with E-state index in [0.717, 1.165) is 22.4 Å². The molecule has 4 atom stereocenters. The van der Waals surface area contributed by atoms with Crippen LogP contribution >= 0.6 is 11.3 Å². The van der Waals surface area contributed by atoms with Gasteiger partial charge >= 0.3 is 6.03 Å². The monoisotopic (exact) mass is 833 g/mol. The van der Waals surface area contributed by atoms with Gasteiger partial charge in [0.05, 0.1) is 35.8 Å². The van der Waals surface area contributed by atoms with Crippen LogP contribution in [-0.4, -0.2) is 103 Å². The smallest absolute Gasteiger partial charge is 0.315 e. The molecule has 0 bridgehead atoms. The third kappa shape index (κ3) is 9.39. The second-order valence-corrected chi connectivity index (χ2v) is 20.2. The highest BCUT2D eigenvalue weighted by atomic mass is 32.2. The average molecular weight is 834 g/mol. The van der Waals surface area contributed by atoms with Crippen molar-refractivity contribution >= 4 is 55.6 Å². The number of urea groups is 1. The Hall–Kier alpha value is -4.80. The van der Waals surface area contributed by atoms with Gasteiger partial charge in [-0.25, -0.2) is 23.2 Å². The lowest BCUT2D eigenvalue weighted by Crippen LogP contribution is -2.61. The number of hydrogen-bond acceptors (Lipinski definition) is 11. The van der Waals surface area contributed by atoms with Crippen molar-refractivity contribution in [1.29, 1.82) is 0 Å². The zero-order chi connectivity index (χ0) is 42.2. The largest absolute Gasteiger partial charge is 0.497 e. The number of carbonyl (C=O) groups is 3. The SMILES string of the molecule is COc1ccc2c(O[C@@H]3C[C@@H](C=O)N(C(=O)[C@@H](NC(=O)N[C@H](CN4CCc5ccccc5S4(=O)=O)C(C)(C)C)C(C)(C)C)C3)cc(-c3csc(NC(C)C)n3)nc2c1. The normalized spacial score (nSPS) is 19.3. The summed E-state index contributed by atoms with van der Waals surface area (Å²) in [7, 11) is -2.19. The van der Waals surface area contributed by atoms with Crippen molar-refractivity contribution in [3.8, 4) is 22.9 Å². The van der Waals surface area contributed by atoms with Crippen LogP contribution in [0.3, 0.4) is 0 Å². The van der Waals surface area contributed by atoms with Gasteiger partial charge in [0.15, 0.2) is 5.13 Å². The molecular weight excluding hydrogens is 779 g/mol. The quantitative estimate of drug-likeness (QED) is 0.142. The number of rotatable bonds is 12. The van der Waals surface area contributed by atoms with Crippen LogP contribution in [0.1, 0.15) is 67.4 Å². The molecule has 0 saturated carbocycles. The average Bonchev–Trinajstić information content (AvgIpc) is 3.80. The number of thiazole rings is 1. The molecule has 0 unspecified atom stereocenters. The maximum Gasteiger partial charge on any atom is 0.315 e. The molecule has 3 N–H and O–H groups in total. The summed E-state index contributed by atoms with van der Waals surface area (Å²) >= 11 is 1.48. The van der Waals surface area contributed by atoms with Gasteiger partial charge in [0, 0.05) is 54.5 Å². The third-order valence-corrected chi connectivity index (χ3v) is 13.3. The van der Waals surface area contributed by atoms with E-state index in [2.05, 4.69) is 16.0 Å². The molecule has 0 radical (unpaired) electrons. The highest BCUT2D eigenvalue weighted by molar-refractivity contribution is 7.89. The Bertz CT molecular complexity index is 2270. The number of anilines is 1. The molecule has 58 heavy (non-hydrogen) atoms. The van der Waals surface area contributed by atoms with Crippen LogP contribution in [-0.2, 0) is 26.0 Å². The third-order valence-electron chi connectivity index (χ3n) is 10.5. The van der Waals surface area contributed by atoms with Crippen molar-refractivity contribution < 1.29 is 32.3 Å². The summed E-state index contributed by atoms with van der Waals surface area (Å²) in [5.41, 5.74) is 1.38. The van der Waals surface area contributed by atoms with Crippen molar-refractivity contribution in [2.45, 2.75) is 103 Å². The van der Waals surface area contributed by atoms with Crippen LogP contribution in [0, 0.1) is 10.8 Å². The molecule has 1 saturated heterocycles. The first-order valence-corrected chi connectivity index (χ1v) is 21.9. The Kier molecular flexibility index (Phi) is 12.4. The first-order chi connectivity index (χ1) is 27.3. The number of nitrogens with zero attached hydrogens (tertiary/aromatic N) is 4. The van der Waals surface area contributed by atoms with Gasteiger partial charge in [-0.1, -0.05) is 59.7 Å². The number of aromatic nitrogens is 2. The Morgan fingerprint density at radius 3 is 2.41 bits per heavy atom. The Morgan fingerprint density at radius 1 is 1.00 bits per heavy atom. The zero-order valence-corrected chi connectivity index (χ0v) is 36.3. The molecule has 0 aliphatic carbocycles. The lowest BCUT2D eigenvalue weighted by molar-refractivity contribution is -0.138. The van der Waals surface area contributed by atoms with E-state index in [4.69, 9.17) is 19.4 Å². The molecule has 6 rings (SSSR count). The fraction of sp³-hybridized carbons (Fsp3) is 0.500. The molecule has 16 heteroatoms. The van der Waals surface area contributed by atoms with Crippen molar-refractivity contribution in [2.75, 3.05) is 32.1 Å². The van der Waals surface area contributed by atoms with Gasteiger partial charge in [-0.15, -0.1) is 11.3 Å². The summed E-state index contributed by atoms with van der Waals surface area (Å²) in [5.74, 6) is 0.726. The van der Waals surface area contributed by atoms with E-state index >= 15 is 0 Å². The second kappa shape index (κ2) is 16.8. The van der Waals surface area contributed by atoms with Crippen molar-refractivity contribution in [3.05, 3.63) is 59.5 Å². The minimum Gasteiger partial charge on any atom is -0.497 e. The number of nitrogens with one attached hydrogen (secondary N) is 3. The van der Waals surface area contributed by atoms with Crippen LogP contribution in [0.5, 0.6) is 11.5 Å². The topological polar surface area (TPSA) is 172 Å². The van der Waals surface area contributed by atoms with E-state index < -0.39 is 57.0 Å². The number of benzene rings is 2. The Morgan fingerprint density at radius 2 is 1.74 bits per heavy atom. The number of hydrogen-bond donors (Lipinski definition) is 3. The van der Waals surface area contributed by atoms with E-state index in [0.29, 0.717) is 34.8 Å².